The molecule has 0 atom stereocenters. The molecule has 1 amide bonds. The quantitative estimate of drug-likeness (QED) is 0.503. The van der Waals surface area contributed by atoms with Crippen LogP contribution in [-0.2, 0) is 6.54 Å². The Morgan fingerprint density at radius 3 is 2.70 bits per heavy atom. The van der Waals surface area contributed by atoms with Crippen molar-refractivity contribution in [2.24, 2.45) is 4.99 Å². The van der Waals surface area contributed by atoms with Crippen molar-refractivity contribution in [1.82, 2.24) is 9.55 Å². The Morgan fingerprint density at radius 1 is 1.07 bits per heavy atom. The van der Waals surface area contributed by atoms with Gasteiger partial charge in [0.1, 0.15) is 16.2 Å². The van der Waals surface area contributed by atoms with Gasteiger partial charge in [-0.1, -0.05) is 42.0 Å². The molecule has 0 aliphatic carbocycles. The highest BCUT2D eigenvalue weighted by molar-refractivity contribution is 7.20. The average molecular weight is 392 g/mol. The Balaban J connectivity index is 1.62. The maximum Gasteiger partial charge on any atom is 0.298 e. The van der Waals surface area contributed by atoms with Crippen molar-refractivity contribution in [3.05, 3.63) is 93.9 Å². The number of aromatic nitrogens is 2. The van der Waals surface area contributed by atoms with E-state index in [-0.39, 0.29) is 5.91 Å². The molecule has 1 aromatic carbocycles. The molecule has 0 radical (unpaired) electrons. The predicted octanol–water partition coefficient (Wildman–Crippen LogP) is 4.77. The SMILES string of the molecule is Cc1ccc(Cn2ccccc2=NC(=O)c2csc(-c3cccs3)n2)cc1. The molecule has 4 rings (SSSR count). The molecule has 0 N–H and O–H groups in total. The molecule has 4 aromatic rings. The fourth-order valence-corrected chi connectivity index (χ4v) is 4.25. The Morgan fingerprint density at radius 2 is 1.93 bits per heavy atom. The van der Waals surface area contributed by atoms with Crippen LogP contribution in [0.2, 0.25) is 0 Å². The van der Waals surface area contributed by atoms with Gasteiger partial charge < -0.3 is 4.57 Å². The van der Waals surface area contributed by atoms with Crippen LogP contribution in [-0.4, -0.2) is 15.5 Å². The van der Waals surface area contributed by atoms with Crippen molar-refractivity contribution in [2.45, 2.75) is 13.5 Å². The van der Waals surface area contributed by atoms with Crippen LogP contribution in [0.5, 0.6) is 0 Å². The van der Waals surface area contributed by atoms with E-state index in [0.29, 0.717) is 17.7 Å². The summed E-state index contributed by atoms with van der Waals surface area (Å²) >= 11 is 3.08. The van der Waals surface area contributed by atoms with Crippen molar-refractivity contribution < 1.29 is 4.79 Å². The van der Waals surface area contributed by atoms with E-state index in [1.54, 1.807) is 16.7 Å². The van der Waals surface area contributed by atoms with Crippen LogP contribution in [0.15, 0.2) is 76.5 Å². The minimum Gasteiger partial charge on any atom is -0.328 e. The van der Waals surface area contributed by atoms with E-state index in [1.807, 2.05) is 46.5 Å². The molecule has 0 unspecified atom stereocenters. The monoisotopic (exact) mass is 391 g/mol. The largest absolute Gasteiger partial charge is 0.328 e. The first kappa shape index (κ1) is 17.6. The number of nitrogens with zero attached hydrogens (tertiary/aromatic N) is 3. The summed E-state index contributed by atoms with van der Waals surface area (Å²) in [6.45, 7) is 2.72. The second-order valence-electron chi connectivity index (χ2n) is 6.10. The molecular formula is C21H17N3OS2. The number of carbonyl (C=O) groups excluding carboxylic acids is 1. The van der Waals surface area contributed by atoms with E-state index in [9.17, 15) is 4.79 Å². The highest BCUT2D eigenvalue weighted by Crippen LogP contribution is 2.27. The first-order valence-electron chi connectivity index (χ1n) is 8.48. The van der Waals surface area contributed by atoms with E-state index in [0.717, 1.165) is 15.4 Å². The molecule has 134 valence electrons. The normalized spacial score (nSPS) is 11.7. The van der Waals surface area contributed by atoms with Crippen molar-refractivity contribution in [2.75, 3.05) is 0 Å². The zero-order valence-electron chi connectivity index (χ0n) is 14.7. The number of pyridine rings is 1. The third-order valence-corrected chi connectivity index (χ3v) is 5.94. The molecule has 0 fully saturated rings. The highest BCUT2D eigenvalue weighted by Gasteiger charge is 2.12. The number of hydrogen-bond donors (Lipinski definition) is 0. The standard InChI is InChI=1S/C21H17N3OS2/c1-15-7-9-16(10-8-15)13-24-11-3-2-6-19(24)23-20(25)17-14-27-21(22-17)18-5-4-12-26-18/h2-12,14H,13H2,1H3. The van der Waals surface area contributed by atoms with Crippen LogP contribution in [0.1, 0.15) is 21.6 Å². The van der Waals surface area contributed by atoms with Gasteiger partial charge in [-0.05, 0) is 36.1 Å². The molecule has 0 bridgehead atoms. The number of benzene rings is 1. The fraction of sp³-hybridized carbons (Fsp3) is 0.0952. The second kappa shape index (κ2) is 7.82. The molecule has 0 saturated carbocycles. The Labute approximate surface area is 165 Å². The average Bonchev–Trinajstić information content (AvgIpc) is 3.36. The lowest BCUT2D eigenvalue weighted by molar-refractivity contribution is 0.0993. The van der Waals surface area contributed by atoms with Crippen molar-refractivity contribution in [1.29, 1.82) is 0 Å². The summed E-state index contributed by atoms with van der Waals surface area (Å²) < 4.78 is 1.97. The lowest BCUT2D eigenvalue weighted by atomic mass is 10.1. The van der Waals surface area contributed by atoms with E-state index in [1.165, 1.54) is 16.9 Å². The molecule has 0 aliphatic heterocycles. The molecule has 6 heteroatoms. The second-order valence-corrected chi connectivity index (χ2v) is 7.91. The van der Waals surface area contributed by atoms with Crippen molar-refractivity contribution in [3.8, 4) is 9.88 Å². The molecule has 4 nitrogen and oxygen atoms in total. The molecule has 0 aliphatic rings. The number of amides is 1. The molecule has 0 spiro atoms. The van der Waals surface area contributed by atoms with Gasteiger partial charge in [0.05, 0.1) is 4.88 Å². The van der Waals surface area contributed by atoms with Gasteiger partial charge in [0.15, 0.2) is 0 Å². The Hall–Kier alpha value is -2.83. The van der Waals surface area contributed by atoms with Gasteiger partial charge in [-0.15, -0.1) is 22.7 Å². The summed E-state index contributed by atoms with van der Waals surface area (Å²) in [4.78, 5) is 22.4. The van der Waals surface area contributed by atoms with Crippen LogP contribution >= 0.6 is 22.7 Å². The van der Waals surface area contributed by atoms with E-state index < -0.39 is 0 Å². The van der Waals surface area contributed by atoms with Crippen LogP contribution in [0, 0.1) is 6.92 Å². The first-order valence-corrected chi connectivity index (χ1v) is 10.2. The number of thiophene rings is 1. The van der Waals surface area contributed by atoms with Gasteiger partial charge in [-0.2, -0.15) is 4.99 Å². The molecule has 0 saturated heterocycles. The van der Waals surface area contributed by atoms with Gasteiger partial charge >= 0.3 is 0 Å². The number of hydrogen-bond acceptors (Lipinski definition) is 4. The Bertz CT molecular complexity index is 1120. The fourth-order valence-electron chi connectivity index (χ4n) is 2.64. The zero-order valence-corrected chi connectivity index (χ0v) is 16.3. The minimum atomic E-state index is -0.321. The third kappa shape index (κ3) is 4.13. The maximum atomic E-state index is 12.6. The third-order valence-electron chi connectivity index (χ3n) is 4.06. The summed E-state index contributed by atoms with van der Waals surface area (Å²) in [7, 11) is 0. The molecule has 27 heavy (non-hydrogen) atoms. The first-order chi connectivity index (χ1) is 13.2. The molecule has 3 aromatic heterocycles. The van der Waals surface area contributed by atoms with Crippen LogP contribution in [0.3, 0.4) is 0 Å². The van der Waals surface area contributed by atoms with Crippen LogP contribution in [0.4, 0.5) is 0 Å². The van der Waals surface area contributed by atoms with Gasteiger partial charge in [0.2, 0.25) is 0 Å². The summed E-state index contributed by atoms with van der Waals surface area (Å²) in [6.07, 6.45) is 1.93. The molecular weight excluding hydrogens is 374 g/mol. The van der Waals surface area contributed by atoms with Gasteiger partial charge in [-0.3, -0.25) is 4.79 Å². The lowest BCUT2D eigenvalue weighted by Gasteiger charge is -2.07. The lowest BCUT2D eigenvalue weighted by Crippen LogP contribution is -2.22. The van der Waals surface area contributed by atoms with E-state index in [2.05, 4.69) is 41.2 Å². The van der Waals surface area contributed by atoms with Gasteiger partial charge in [-0.25, -0.2) is 4.98 Å². The van der Waals surface area contributed by atoms with Crippen LogP contribution in [0.25, 0.3) is 9.88 Å². The van der Waals surface area contributed by atoms with Crippen molar-refractivity contribution in [3.63, 3.8) is 0 Å². The number of aryl methyl sites for hydroxylation is 1. The van der Waals surface area contributed by atoms with Gasteiger partial charge in [0.25, 0.3) is 5.91 Å². The summed E-state index contributed by atoms with van der Waals surface area (Å²) in [5.74, 6) is -0.321. The number of thiazole rings is 1. The van der Waals surface area contributed by atoms with E-state index in [4.69, 9.17) is 0 Å². The summed E-state index contributed by atoms with van der Waals surface area (Å²) in [5.41, 5.74) is 3.39. The molecule has 3 heterocycles. The smallest absolute Gasteiger partial charge is 0.298 e. The maximum absolute atomic E-state index is 12.6. The van der Waals surface area contributed by atoms with Crippen LogP contribution < -0.4 is 5.49 Å². The van der Waals surface area contributed by atoms with Gasteiger partial charge in [0, 0.05) is 18.1 Å². The zero-order chi connectivity index (χ0) is 18.6. The van der Waals surface area contributed by atoms with E-state index >= 15 is 0 Å². The summed E-state index contributed by atoms with van der Waals surface area (Å²) in [5, 5.41) is 4.62. The predicted molar refractivity (Wildman–Crippen MR) is 110 cm³/mol. The highest BCUT2D eigenvalue weighted by atomic mass is 32.1. The summed E-state index contributed by atoms with van der Waals surface area (Å²) in [6, 6.07) is 18.0. The topological polar surface area (TPSA) is 47.2 Å². The number of carbonyl (C=O) groups is 1. The number of rotatable bonds is 4. The Kier molecular flexibility index (Phi) is 5.09. The van der Waals surface area contributed by atoms with Crippen molar-refractivity contribution >= 4 is 28.6 Å². The minimum absolute atomic E-state index is 0.321.